The van der Waals surface area contributed by atoms with Gasteiger partial charge < -0.3 is 15.2 Å². The van der Waals surface area contributed by atoms with Gasteiger partial charge in [0.15, 0.2) is 11.6 Å². The van der Waals surface area contributed by atoms with E-state index in [1.165, 1.54) is 37.0 Å². The molecular formula is C16H15F2N3O3. The number of carbonyl (C=O) groups is 2. The summed E-state index contributed by atoms with van der Waals surface area (Å²) in [5.74, 6) is -3.50. The third-order valence-electron chi connectivity index (χ3n) is 3.43. The molecule has 1 unspecified atom stereocenters. The number of hydrogen-bond acceptors (Lipinski definition) is 3. The number of halogens is 2. The Kier molecular flexibility index (Phi) is 5.08. The summed E-state index contributed by atoms with van der Waals surface area (Å²) in [5, 5.41) is 4.74. The van der Waals surface area contributed by atoms with Crippen molar-refractivity contribution >= 4 is 11.8 Å². The largest absolute Gasteiger partial charge is 0.357 e. The van der Waals surface area contributed by atoms with Crippen LogP contribution in [0.3, 0.4) is 0 Å². The van der Waals surface area contributed by atoms with E-state index in [0.717, 1.165) is 18.2 Å². The lowest BCUT2D eigenvalue weighted by Gasteiger charge is -2.18. The van der Waals surface area contributed by atoms with Gasteiger partial charge in [-0.2, -0.15) is 0 Å². The van der Waals surface area contributed by atoms with Crippen molar-refractivity contribution in [3.8, 4) is 0 Å². The lowest BCUT2D eigenvalue weighted by atomic mass is 10.0. The molecule has 1 aromatic heterocycles. The average molecular weight is 335 g/mol. The first-order valence-corrected chi connectivity index (χ1v) is 6.97. The van der Waals surface area contributed by atoms with Gasteiger partial charge in [-0.15, -0.1) is 0 Å². The minimum atomic E-state index is -1.23. The van der Waals surface area contributed by atoms with E-state index in [1.54, 1.807) is 0 Å². The Bertz CT molecular complexity index is 849. The summed E-state index contributed by atoms with van der Waals surface area (Å²) in [7, 11) is 2.87. The molecule has 0 spiro atoms. The highest BCUT2D eigenvalue weighted by Gasteiger charge is 2.23. The van der Waals surface area contributed by atoms with Gasteiger partial charge in [-0.3, -0.25) is 14.4 Å². The third kappa shape index (κ3) is 3.65. The molecule has 2 N–H and O–H groups in total. The van der Waals surface area contributed by atoms with Gasteiger partial charge in [0.25, 0.3) is 11.5 Å². The standard InChI is InChI=1S/C16H15F2N3O3/c1-19-16(24)14(9-3-4-11(17)12(18)7-9)20-15(23)10-5-6-21(2)13(22)8-10/h3-8,14H,1-2H3,(H,19,24)(H,20,23). The molecular weight excluding hydrogens is 320 g/mol. The highest BCUT2D eigenvalue weighted by atomic mass is 19.2. The molecule has 8 heteroatoms. The van der Waals surface area contributed by atoms with Crippen LogP contribution in [0.1, 0.15) is 22.0 Å². The Balaban J connectivity index is 2.33. The van der Waals surface area contributed by atoms with Crippen LogP contribution in [0.5, 0.6) is 0 Å². The smallest absolute Gasteiger partial charge is 0.252 e. The fourth-order valence-corrected chi connectivity index (χ4v) is 2.04. The molecule has 2 rings (SSSR count). The number of nitrogens with one attached hydrogen (secondary N) is 2. The number of aryl methyl sites for hydroxylation is 1. The third-order valence-corrected chi connectivity index (χ3v) is 3.43. The molecule has 0 fully saturated rings. The quantitative estimate of drug-likeness (QED) is 0.870. The van der Waals surface area contributed by atoms with E-state index in [9.17, 15) is 23.2 Å². The number of nitrogens with zero attached hydrogens (tertiary/aromatic N) is 1. The SMILES string of the molecule is CNC(=O)C(NC(=O)c1ccn(C)c(=O)c1)c1ccc(F)c(F)c1. The number of pyridine rings is 1. The van der Waals surface area contributed by atoms with Crippen LogP contribution in [-0.2, 0) is 11.8 Å². The number of aromatic nitrogens is 1. The Morgan fingerprint density at radius 3 is 2.42 bits per heavy atom. The van der Waals surface area contributed by atoms with E-state index < -0.39 is 35.0 Å². The fourth-order valence-electron chi connectivity index (χ4n) is 2.04. The number of carbonyl (C=O) groups excluding carboxylic acids is 2. The van der Waals surface area contributed by atoms with Gasteiger partial charge >= 0.3 is 0 Å². The van der Waals surface area contributed by atoms with Crippen molar-refractivity contribution in [2.75, 3.05) is 7.05 Å². The molecule has 0 saturated heterocycles. The predicted molar refractivity (Wildman–Crippen MR) is 82.3 cm³/mol. The second-order valence-corrected chi connectivity index (χ2v) is 5.06. The maximum absolute atomic E-state index is 13.4. The number of amides is 2. The van der Waals surface area contributed by atoms with Crippen molar-refractivity contribution in [2.24, 2.45) is 7.05 Å². The molecule has 6 nitrogen and oxygen atoms in total. The van der Waals surface area contributed by atoms with Gasteiger partial charge in [0.1, 0.15) is 6.04 Å². The number of benzene rings is 1. The summed E-state index contributed by atoms with van der Waals surface area (Å²) in [5.41, 5.74) is -0.271. The van der Waals surface area contributed by atoms with Crippen LogP contribution in [0.4, 0.5) is 8.78 Å². The van der Waals surface area contributed by atoms with Gasteiger partial charge in [0, 0.05) is 31.9 Å². The molecule has 0 aliphatic carbocycles. The Morgan fingerprint density at radius 1 is 1.12 bits per heavy atom. The van der Waals surface area contributed by atoms with Gasteiger partial charge in [-0.1, -0.05) is 6.07 Å². The minimum Gasteiger partial charge on any atom is -0.357 e. The molecule has 0 aliphatic rings. The summed E-state index contributed by atoms with van der Waals surface area (Å²) in [6.07, 6.45) is 1.41. The van der Waals surface area contributed by atoms with Crippen LogP contribution >= 0.6 is 0 Å². The average Bonchev–Trinajstić information content (AvgIpc) is 2.56. The molecule has 0 radical (unpaired) electrons. The maximum atomic E-state index is 13.4. The van der Waals surface area contributed by atoms with Crippen molar-refractivity contribution < 1.29 is 18.4 Å². The summed E-state index contributed by atoms with van der Waals surface area (Å²) >= 11 is 0. The normalized spacial score (nSPS) is 11.7. The van der Waals surface area contributed by atoms with E-state index >= 15 is 0 Å². The van der Waals surface area contributed by atoms with E-state index in [2.05, 4.69) is 10.6 Å². The summed E-state index contributed by atoms with van der Waals surface area (Å²) in [4.78, 5) is 35.8. The molecule has 0 saturated carbocycles. The van der Waals surface area contributed by atoms with Crippen LogP contribution in [0.25, 0.3) is 0 Å². The van der Waals surface area contributed by atoms with Gasteiger partial charge in [-0.05, 0) is 23.8 Å². The predicted octanol–water partition coefficient (Wildman–Crippen LogP) is 0.881. The van der Waals surface area contributed by atoms with Crippen LogP contribution in [0.15, 0.2) is 41.3 Å². The molecule has 24 heavy (non-hydrogen) atoms. The Hall–Kier alpha value is -3.03. The lowest BCUT2D eigenvalue weighted by Crippen LogP contribution is -2.39. The van der Waals surface area contributed by atoms with Gasteiger partial charge in [0.2, 0.25) is 5.91 Å². The maximum Gasteiger partial charge on any atom is 0.252 e. The first-order chi connectivity index (χ1) is 11.3. The van der Waals surface area contributed by atoms with Gasteiger partial charge in [0.05, 0.1) is 0 Å². The van der Waals surface area contributed by atoms with Crippen LogP contribution in [0.2, 0.25) is 0 Å². The number of likely N-dealkylation sites (N-methyl/N-ethyl adjacent to an activating group) is 1. The molecule has 1 atom stereocenters. The molecule has 2 amide bonds. The second-order valence-electron chi connectivity index (χ2n) is 5.06. The zero-order valence-corrected chi connectivity index (χ0v) is 13.0. The zero-order chi connectivity index (χ0) is 17.9. The van der Waals surface area contributed by atoms with Crippen molar-refractivity contribution in [2.45, 2.75) is 6.04 Å². The Labute approximate surface area is 136 Å². The van der Waals surface area contributed by atoms with E-state index in [4.69, 9.17) is 0 Å². The Morgan fingerprint density at radius 2 is 1.83 bits per heavy atom. The molecule has 126 valence electrons. The second kappa shape index (κ2) is 7.03. The first-order valence-electron chi connectivity index (χ1n) is 6.97. The number of rotatable bonds is 4. The van der Waals surface area contributed by atoms with Gasteiger partial charge in [-0.25, -0.2) is 8.78 Å². The van der Waals surface area contributed by atoms with E-state index in [1.807, 2.05) is 0 Å². The van der Waals surface area contributed by atoms with E-state index in [-0.39, 0.29) is 11.1 Å². The summed E-state index contributed by atoms with van der Waals surface area (Å²) < 4.78 is 27.7. The lowest BCUT2D eigenvalue weighted by molar-refractivity contribution is -0.122. The van der Waals surface area contributed by atoms with Crippen LogP contribution in [-0.4, -0.2) is 23.4 Å². The molecule has 0 bridgehead atoms. The first kappa shape index (κ1) is 17.3. The molecule has 2 aromatic rings. The molecule has 1 heterocycles. The summed E-state index contributed by atoms with van der Waals surface area (Å²) in [6.45, 7) is 0. The monoisotopic (exact) mass is 335 g/mol. The highest BCUT2D eigenvalue weighted by Crippen LogP contribution is 2.17. The minimum absolute atomic E-state index is 0.0505. The summed E-state index contributed by atoms with van der Waals surface area (Å²) in [6, 6.07) is 4.18. The van der Waals surface area contributed by atoms with Crippen LogP contribution < -0.4 is 16.2 Å². The highest BCUT2D eigenvalue weighted by molar-refractivity contribution is 5.97. The molecule has 1 aromatic carbocycles. The van der Waals surface area contributed by atoms with Crippen molar-refractivity contribution in [3.63, 3.8) is 0 Å². The van der Waals surface area contributed by atoms with Crippen LogP contribution in [0, 0.1) is 11.6 Å². The zero-order valence-electron chi connectivity index (χ0n) is 13.0. The van der Waals surface area contributed by atoms with Crippen molar-refractivity contribution in [1.82, 2.24) is 15.2 Å². The van der Waals surface area contributed by atoms with E-state index in [0.29, 0.717) is 0 Å². The molecule has 0 aliphatic heterocycles. The van der Waals surface area contributed by atoms with Crippen molar-refractivity contribution in [3.05, 3.63) is 69.6 Å². The topological polar surface area (TPSA) is 80.2 Å². The number of hydrogen-bond donors (Lipinski definition) is 2. The fraction of sp³-hybridized carbons (Fsp3) is 0.188. The van der Waals surface area contributed by atoms with Crippen molar-refractivity contribution in [1.29, 1.82) is 0 Å².